The molecule has 0 spiro atoms. The number of aryl methyl sites for hydroxylation is 2. The Balaban J connectivity index is 2.00. The first-order valence-corrected chi connectivity index (χ1v) is 7.81. The van der Waals surface area contributed by atoms with E-state index >= 15 is 0 Å². The van der Waals surface area contributed by atoms with Crippen LogP contribution in [-0.2, 0) is 0 Å². The van der Waals surface area contributed by atoms with Gasteiger partial charge >= 0.3 is 0 Å². The third-order valence-electron chi connectivity index (χ3n) is 3.43. The maximum absolute atomic E-state index is 8.74. The summed E-state index contributed by atoms with van der Waals surface area (Å²) >= 11 is 6.14. The number of hydrogen-bond donors (Lipinski definition) is 1. The summed E-state index contributed by atoms with van der Waals surface area (Å²) < 4.78 is 16.7. The molecule has 1 N–H and O–H groups in total. The SMILES string of the molecule is COc1cccc(C=NO)c1OCCOc1cc(C)c(Cl)c(C)c1. The van der Waals surface area contributed by atoms with E-state index in [9.17, 15) is 0 Å². The fraction of sp³-hybridized carbons (Fsp3) is 0.278. The second kappa shape index (κ2) is 8.45. The highest BCUT2D eigenvalue weighted by molar-refractivity contribution is 6.32. The molecule has 0 unspecified atom stereocenters. The molecular weight excluding hydrogens is 330 g/mol. The molecule has 0 radical (unpaired) electrons. The second-order valence-corrected chi connectivity index (χ2v) is 5.57. The van der Waals surface area contributed by atoms with Crippen LogP contribution >= 0.6 is 11.6 Å². The maximum Gasteiger partial charge on any atom is 0.170 e. The van der Waals surface area contributed by atoms with Crippen molar-refractivity contribution < 1.29 is 19.4 Å². The quantitative estimate of drug-likeness (QED) is 0.351. The molecule has 0 atom stereocenters. The van der Waals surface area contributed by atoms with Crippen molar-refractivity contribution in [3.8, 4) is 17.2 Å². The minimum atomic E-state index is 0.313. The van der Waals surface area contributed by atoms with Crippen molar-refractivity contribution in [1.29, 1.82) is 0 Å². The Morgan fingerprint density at radius 1 is 1.12 bits per heavy atom. The second-order valence-electron chi connectivity index (χ2n) is 5.19. The first-order chi connectivity index (χ1) is 11.6. The number of oxime groups is 1. The van der Waals surface area contributed by atoms with Gasteiger partial charge in [0.1, 0.15) is 19.0 Å². The van der Waals surface area contributed by atoms with Gasteiger partial charge in [-0.05, 0) is 49.2 Å². The lowest BCUT2D eigenvalue weighted by molar-refractivity contribution is 0.211. The summed E-state index contributed by atoms with van der Waals surface area (Å²) in [6, 6.07) is 9.12. The van der Waals surface area contributed by atoms with Gasteiger partial charge in [-0.1, -0.05) is 22.8 Å². The van der Waals surface area contributed by atoms with Gasteiger partial charge in [-0.2, -0.15) is 0 Å². The molecule has 0 saturated heterocycles. The highest BCUT2D eigenvalue weighted by atomic mass is 35.5. The van der Waals surface area contributed by atoms with Crippen LogP contribution in [0, 0.1) is 13.8 Å². The largest absolute Gasteiger partial charge is 0.493 e. The summed E-state index contributed by atoms with van der Waals surface area (Å²) in [5.41, 5.74) is 2.56. The van der Waals surface area contributed by atoms with Crippen LogP contribution in [0.15, 0.2) is 35.5 Å². The number of para-hydroxylation sites is 1. The molecule has 0 aliphatic heterocycles. The summed E-state index contributed by atoms with van der Waals surface area (Å²) in [6.45, 7) is 4.55. The van der Waals surface area contributed by atoms with Crippen LogP contribution < -0.4 is 14.2 Å². The molecule has 2 aromatic rings. The predicted octanol–water partition coefficient (Wildman–Crippen LogP) is 4.23. The third kappa shape index (κ3) is 4.32. The van der Waals surface area contributed by atoms with Gasteiger partial charge in [-0.25, -0.2) is 0 Å². The lowest BCUT2D eigenvalue weighted by Gasteiger charge is -2.14. The van der Waals surface area contributed by atoms with Crippen molar-refractivity contribution in [1.82, 2.24) is 0 Å². The molecular formula is C18H20ClNO4. The van der Waals surface area contributed by atoms with E-state index in [1.807, 2.05) is 26.0 Å². The number of nitrogens with zero attached hydrogens (tertiary/aromatic N) is 1. The highest BCUT2D eigenvalue weighted by Crippen LogP contribution is 2.30. The van der Waals surface area contributed by atoms with Crippen molar-refractivity contribution in [3.05, 3.63) is 52.0 Å². The topological polar surface area (TPSA) is 60.3 Å². The number of ether oxygens (including phenoxy) is 3. The van der Waals surface area contributed by atoms with Crippen molar-refractivity contribution in [3.63, 3.8) is 0 Å². The van der Waals surface area contributed by atoms with E-state index in [-0.39, 0.29) is 0 Å². The minimum absolute atomic E-state index is 0.313. The van der Waals surface area contributed by atoms with Crippen molar-refractivity contribution in [2.24, 2.45) is 5.16 Å². The molecule has 0 saturated carbocycles. The molecule has 24 heavy (non-hydrogen) atoms. The fourth-order valence-electron chi connectivity index (χ4n) is 2.30. The fourth-order valence-corrected chi connectivity index (χ4v) is 2.41. The Morgan fingerprint density at radius 3 is 2.42 bits per heavy atom. The smallest absolute Gasteiger partial charge is 0.170 e. The molecule has 0 heterocycles. The van der Waals surface area contributed by atoms with Gasteiger partial charge in [-0.15, -0.1) is 0 Å². The Kier molecular flexibility index (Phi) is 6.32. The van der Waals surface area contributed by atoms with Crippen molar-refractivity contribution in [2.75, 3.05) is 20.3 Å². The zero-order valence-corrected chi connectivity index (χ0v) is 14.6. The molecule has 0 bridgehead atoms. The zero-order chi connectivity index (χ0) is 17.5. The van der Waals surface area contributed by atoms with Crippen molar-refractivity contribution >= 4 is 17.8 Å². The maximum atomic E-state index is 8.74. The van der Waals surface area contributed by atoms with Gasteiger partial charge in [-0.3, -0.25) is 0 Å². The van der Waals surface area contributed by atoms with Crippen LogP contribution in [0.5, 0.6) is 17.2 Å². The molecule has 5 nitrogen and oxygen atoms in total. The molecule has 0 fully saturated rings. The van der Waals surface area contributed by atoms with Gasteiger partial charge in [0, 0.05) is 10.6 Å². The number of benzene rings is 2. The number of methoxy groups -OCH3 is 1. The summed E-state index contributed by atoms with van der Waals surface area (Å²) in [7, 11) is 1.55. The highest BCUT2D eigenvalue weighted by Gasteiger charge is 2.10. The average molecular weight is 350 g/mol. The number of hydrogen-bond acceptors (Lipinski definition) is 5. The molecule has 2 rings (SSSR count). The van der Waals surface area contributed by atoms with Gasteiger partial charge in [0.25, 0.3) is 0 Å². The summed E-state index contributed by atoms with van der Waals surface area (Å²) in [5, 5.41) is 12.5. The molecule has 0 aliphatic rings. The van der Waals surface area contributed by atoms with Gasteiger partial charge in [0.15, 0.2) is 11.5 Å². The van der Waals surface area contributed by atoms with Crippen molar-refractivity contribution in [2.45, 2.75) is 13.8 Å². The summed E-state index contributed by atoms with van der Waals surface area (Å²) in [6.07, 6.45) is 1.30. The Labute approximate surface area is 146 Å². The van der Waals surface area contributed by atoms with Crippen LogP contribution in [0.25, 0.3) is 0 Å². The monoisotopic (exact) mass is 349 g/mol. The van der Waals surface area contributed by atoms with E-state index < -0.39 is 0 Å². The Morgan fingerprint density at radius 2 is 1.79 bits per heavy atom. The van der Waals surface area contributed by atoms with Crippen LogP contribution in [-0.4, -0.2) is 31.7 Å². The molecule has 0 aliphatic carbocycles. The molecule has 128 valence electrons. The van der Waals surface area contributed by atoms with E-state index in [1.165, 1.54) is 6.21 Å². The first-order valence-electron chi connectivity index (χ1n) is 7.43. The van der Waals surface area contributed by atoms with Gasteiger partial charge in [0.2, 0.25) is 0 Å². The first kappa shape index (κ1) is 17.9. The zero-order valence-electron chi connectivity index (χ0n) is 13.9. The Hall–Kier alpha value is -2.40. The van der Waals surface area contributed by atoms with Crippen LogP contribution in [0.1, 0.15) is 16.7 Å². The van der Waals surface area contributed by atoms with Gasteiger partial charge in [0.05, 0.1) is 13.3 Å². The van der Waals surface area contributed by atoms with E-state index in [0.717, 1.165) is 21.9 Å². The van der Waals surface area contributed by atoms with Crippen LogP contribution in [0.3, 0.4) is 0 Å². The Bertz CT molecular complexity index is 708. The average Bonchev–Trinajstić information content (AvgIpc) is 2.57. The van der Waals surface area contributed by atoms with E-state index in [4.69, 9.17) is 31.0 Å². The lowest BCUT2D eigenvalue weighted by Crippen LogP contribution is -2.11. The molecule has 0 aromatic heterocycles. The standard InChI is InChI=1S/C18H20ClNO4/c1-12-9-15(10-13(2)17(12)19)23-7-8-24-18-14(11-20-21)5-4-6-16(18)22-3/h4-6,9-11,21H,7-8H2,1-3H3. The minimum Gasteiger partial charge on any atom is -0.493 e. The van der Waals surface area contributed by atoms with E-state index in [1.54, 1.807) is 25.3 Å². The molecule has 2 aromatic carbocycles. The summed E-state index contributed by atoms with van der Waals surface area (Å²) in [5.74, 6) is 1.81. The lowest BCUT2D eigenvalue weighted by atomic mass is 10.1. The molecule has 6 heteroatoms. The number of rotatable bonds is 7. The number of halogens is 1. The summed E-state index contributed by atoms with van der Waals surface area (Å²) in [4.78, 5) is 0. The van der Waals surface area contributed by atoms with Gasteiger partial charge < -0.3 is 19.4 Å². The normalized spacial score (nSPS) is 10.8. The third-order valence-corrected chi connectivity index (χ3v) is 4.03. The van der Waals surface area contributed by atoms with E-state index in [0.29, 0.717) is 30.3 Å². The van der Waals surface area contributed by atoms with Crippen LogP contribution in [0.2, 0.25) is 5.02 Å². The van der Waals surface area contributed by atoms with E-state index in [2.05, 4.69) is 5.16 Å². The molecule has 0 amide bonds. The van der Waals surface area contributed by atoms with Crippen LogP contribution in [0.4, 0.5) is 0 Å². The predicted molar refractivity (Wildman–Crippen MR) is 94.3 cm³/mol.